The minimum atomic E-state index is -0.394. The minimum Gasteiger partial charge on any atom is -0.326 e. The van der Waals surface area contributed by atoms with Crippen molar-refractivity contribution in [3.05, 3.63) is 46.7 Å². The normalized spacial score (nSPS) is 18.8. The number of hydrogen-bond donors (Lipinski definition) is 2. The summed E-state index contributed by atoms with van der Waals surface area (Å²) in [4.78, 5) is 12.0. The molecular weight excluding hydrogens is 274 g/mol. The molecule has 0 aromatic heterocycles. The van der Waals surface area contributed by atoms with Crippen LogP contribution >= 0.6 is 0 Å². The Labute approximate surface area is 132 Å². The Kier molecular flexibility index (Phi) is 4.27. The second-order valence-electron chi connectivity index (χ2n) is 7.00. The van der Waals surface area contributed by atoms with Crippen molar-refractivity contribution < 1.29 is 4.79 Å². The average molecular weight is 297 g/mol. The molecule has 0 bridgehead atoms. The van der Waals surface area contributed by atoms with Crippen molar-refractivity contribution in [3.63, 3.8) is 0 Å². The number of nitrogens with zero attached hydrogens (tertiary/aromatic N) is 1. The van der Waals surface area contributed by atoms with Gasteiger partial charge in [0.25, 0.3) is 0 Å². The van der Waals surface area contributed by atoms with Gasteiger partial charge in [0.2, 0.25) is 0 Å². The van der Waals surface area contributed by atoms with E-state index in [-0.39, 0.29) is 11.4 Å². The lowest BCUT2D eigenvalue weighted by molar-refractivity contribution is 0.235. The Hall–Kier alpha value is -2.28. The Bertz CT molecular complexity index is 642. The number of nitrogens with one attached hydrogen (secondary N) is 2. The minimum absolute atomic E-state index is 0.262. The molecular formula is C18H23N3O. The third kappa shape index (κ3) is 3.14. The zero-order chi connectivity index (χ0) is 16.5. The van der Waals surface area contributed by atoms with E-state index < -0.39 is 6.04 Å². The monoisotopic (exact) mass is 297 g/mol. The third-order valence-electron chi connectivity index (χ3n) is 3.88. The molecule has 0 saturated carbocycles. The molecule has 0 saturated heterocycles. The van der Waals surface area contributed by atoms with E-state index in [1.165, 1.54) is 5.56 Å². The summed E-state index contributed by atoms with van der Waals surface area (Å²) < 4.78 is 0. The number of allylic oxidation sites excluding steroid dienone is 1. The van der Waals surface area contributed by atoms with Crippen LogP contribution < -0.4 is 10.6 Å². The van der Waals surface area contributed by atoms with E-state index in [0.29, 0.717) is 17.2 Å². The highest BCUT2D eigenvalue weighted by molar-refractivity contribution is 5.80. The third-order valence-corrected chi connectivity index (χ3v) is 3.88. The highest BCUT2D eigenvalue weighted by Crippen LogP contribution is 2.34. The lowest BCUT2D eigenvalue weighted by atomic mass is 9.84. The predicted octanol–water partition coefficient (Wildman–Crippen LogP) is 3.99. The molecule has 2 N–H and O–H groups in total. The molecule has 0 aliphatic carbocycles. The molecule has 1 aliphatic rings. The molecule has 4 heteroatoms. The number of benzene rings is 1. The molecule has 4 nitrogen and oxygen atoms in total. The molecule has 0 unspecified atom stereocenters. The summed E-state index contributed by atoms with van der Waals surface area (Å²) in [6.45, 7) is 10.2. The van der Waals surface area contributed by atoms with Gasteiger partial charge in [0.15, 0.2) is 0 Å². The van der Waals surface area contributed by atoms with Crippen LogP contribution in [0, 0.1) is 16.7 Å². The molecule has 2 amide bonds. The topological polar surface area (TPSA) is 64.9 Å². The van der Waals surface area contributed by atoms with Crippen molar-refractivity contribution in [1.82, 2.24) is 10.6 Å². The number of hydrogen-bond acceptors (Lipinski definition) is 2. The molecule has 0 spiro atoms. The Balaban J connectivity index is 2.48. The fourth-order valence-electron chi connectivity index (χ4n) is 2.60. The Morgan fingerprint density at radius 2 is 1.77 bits per heavy atom. The number of carbonyl (C=O) groups excluding carboxylic acids is 1. The fraction of sp³-hybridized carbons (Fsp3) is 0.444. The number of urea groups is 1. The average Bonchev–Trinajstić information content (AvgIpc) is 2.45. The largest absolute Gasteiger partial charge is 0.326 e. The van der Waals surface area contributed by atoms with Crippen LogP contribution in [0.25, 0.3) is 0 Å². The van der Waals surface area contributed by atoms with Crippen molar-refractivity contribution in [2.45, 2.75) is 46.6 Å². The van der Waals surface area contributed by atoms with Gasteiger partial charge in [-0.1, -0.05) is 58.9 Å². The molecule has 2 rings (SSSR count). The van der Waals surface area contributed by atoms with E-state index in [2.05, 4.69) is 42.7 Å². The van der Waals surface area contributed by atoms with Gasteiger partial charge in [-0.05, 0) is 17.0 Å². The molecule has 1 atom stereocenters. The molecule has 1 aliphatic heterocycles. The Morgan fingerprint density at radius 3 is 2.23 bits per heavy atom. The summed E-state index contributed by atoms with van der Waals surface area (Å²) >= 11 is 0. The Morgan fingerprint density at radius 1 is 1.18 bits per heavy atom. The van der Waals surface area contributed by atoms with Gasteiger partial charge in [-0.25, -0.2) is 4.79 Å². The van der Waals surface area contributed by atoms with Crippen LogP contribution in [0.3, 0.4) is 0 Å². The van der Waals surface area contributed by atoms with Crippen molar-refractivity contribution in [2.75, 3.05) is 0 Å². The maximum atomic E-state index is 12.0. The SMILES string of the molecule is CC(C)c1ccc([C@H]2NC(=O)NC(C(C)(C)C)=C2C#N)cc1. The van der Waals surface area contributed by atoms with E-state index in [1.54, 1.807) is 0 Å². The molecule has 1 aromatic carbocycles. The van der Waals surface area contributed by atoms with E-state index in [1.807, 2.05) is 32.9 Å². The molecule has 0 radical (unpaired) electrons. The quantitative estimate of drug-likeness (QED) is 0.867. The molecule has 0 fully saturated rings. The van der Waals surface area contributed by atoms with Gasteiger partial charge < -0.3 is 10.6 Å². The van der Waals surface area contributed by atoms with Crippen LogP contribution in [-0.2, 0) is 0 Å². The van der Waals surface area contributed by atoms with E-state index in [9.17, 15) is 10.1 Å². The second-order valence-corrected chi connectivity index (χ2v) is 7.00. The van der Waals surface area contributed by atoms with Gasteiger partial charge in [-0.3, -0.25) is 0 Å². The second kappa shape index (κ2) is 5.84. The van der Waals surface area contributed by atoms with Crippen LogP contribution in [0.4, 0.5) is 4.79 Å². The number of carbonyl (C=O) groups is 1. The first-order valence-electron chi connectivity index (χ1n) is 7.56. The smallest absolute Gasteiger partial charge is 0.319 e. The van der Waals surface area contributed by atoms with Crippen molar-refractivity contribution in [2.24, 2.45) is 5.41 Å². The van der Waals surface area contributed by atoms with Gasteiger partial charge in [-0.15, -0.1) is 0 Å². The van der Waals surface area contributed by atoms with Gasteiger partial charge in [0, 0.05) is 11.1 Å². The predicted molar refractivity (Wildman–Crippen MR) is 87.0 cm³/mol. The van der Waals surface area contributed by atoms with Crippen molar-refractivity contribution >= 4 is 6.03 Å². The van der Waals surface area contributed by atoms with E-state index in [4.69, 9.17) is 0 Å². The van der Waals surface area contributed by atoms with Gasteiger partial charge >= 0.3 is 6.03 Å². The van der Waals surface area contributed by atoms with Crippen molar-refractivity contribution in [3.8, 4) is 6.07 Å². The zero-order valence-electron chi connectivity index (χ0n) is 13.8. The summed E-state index contributed by atoms with van der Waals surface area (Å²) in [6, 6.07) is 9.70. The number of nitriles is 1. The molecule has 1 heterocycles. The maximum Gasteiger partial charge on any atom is 0.319 e. The summed E-state index contributed by atoms with van der Waals surface area (Å²) in [5.74, 6) is 0.452. The van der Waals surface area contributed by atoms with Crippen LogP contribution in [0.1, 0.15) is 57.7 Å². The molecule has 116 valence electrons. The van der Waals surface area contributed by atoms with Crippen LogP contribution in [-0.4, -0.2) is 6.03 Å². The van der Waals surface area contributed by atoms with Crippen LogP contribution in [0.5, 0.6) is 0 Å². The summed E-state index contributed by atoms with van der Waals surface area (Å²) in [7, 11) is 0. The number of rotatable bonds is 2. The lowest BCUT2D eigenvalue weighted by Crippen LogP contribution is -2.46. The van der Waals surface area contributed by atoms with Crippen LogP contribution in [0.2, 0.25) is 0 Å². The summed E-state index contributed by atoms with van der Waals surface area (Å²) in [5, 5.41) is 15.2. The number of amides is 2. The highest BCUT2D eigenvalue weighted by atomic mass is 16.2. The first kappa shape index (κ1) is 16.1. The summed E-state index contributed by atoms with van der Waals surface area (Å²) in [6.07, 6.45) is 0. The standard InChI is InChI=1S/C18H23N3O/c1-11(2)12-6-8-13(9-7-12)15-14(10-19)16(18(3,4)5)21-17(22)20-15/h6-9,11,15H,1-5H3,(H2,20,21,22)/t15-/m1/s1. The maximum absolute atomic E-state index is 12.0. The molecule has 1 aromatic rings. The lowest BCUT2D eigenvalue weighted by Gasteiger charge is -2.33. The van der Waals surface area contributed by atoms with Gasteiger partial charge in [0.05, 0.1) is 17.7 Å². The fourth-order valence-corrected chi connectivity index (χ4v) is 2.60. The first-order chi connectivity index (χ1) is 10.2. The van der Waals surface area contributed by atoms with Gasteiger partial charge in [0.1, 0.15) is 0 Å². The highest BCUT2D eigenvalue weighted by Gasteiger charge is 2.33. The summed E-state index contributed by atoms with van der Waals surface area (Å²) in [5.41, 5.74) is 3.14. The first-order valence-corrected chi connectivity index (χ1v) is 7.56. The zero-order valence-corrected chi connectivity index (χ0v) is 13.8. The van der Waals surface area contributed by atoms with E-state index >= 15 is 0 Å². The van der Waals surface area contributed by atoms with Crippen LogP contribution in [0.15, 0.2) is 35.5 Å². The van der Waals surface area contributed by atoms with E-state index in [0.717, 1.165) is 5.56 Å². The molecule has 22 heavy (non-hydrogen) atoms. The van der Waals surface area contributed by atoms with Gasteiger partial charge in [-0.2, -0.15) is 5.26 Å². The van der Waals surface area contributed by atoms with Crippen molar-refractivity contribution in [1.29, 1.82) is 5.26 Å².